The molecule has 19 N–H and O–H groups in total. The van der Waals surface area contributed by atoms with Crippen molar-refractivity contribution in [2.24, 2.45) is 23.1 Å². The first-order valence-corrected chi connectivity index (χ1v) is 46.1. The number of nitrogens with two attached hydrogens (primary N) is 3. The zero-order valence-electron chi connectivity index (χ0n) is 77.5. The van der Waals surface area contributed by atoms with Crippen LogP contribution in [-0.2, 0) is 120 Å². The molecule has 0 aliphatic carbocycles. The lowest BCUT2D eigenvalue weighted by Crippen LogP contribution is -2.61. The van der Waals surface area contributed by atoms with Crippen molar-refractivity contribution in [1.29, 1.82) is 0 Å². The van der Waals surface area contributed by atoms with E-state index in [-0.39, 0.29) is 88.8 Å². The number of aromatic amines is 1. The van der Waals surface area contributed by atoms with Gasteiger partial charge in [0.05, 0.1) is 50.1 Å². The van der Waals surface area contributed by atoms with Gasteiger partial charge in [-0.25, -0.2) is 8.78 Å². The number of halogens is 2. The van der Waals surface area contributed by atoms with E-state index in [1.807, 2.05) is 0 Å². The summed E-state index contributed by atoms with van der Waals surface area (Å²) in [6, 6.07) is 19.3. The van der Waals surface area contributed by atoms with Crippen molar-refractivity contribution in [2.45, 2.75) is 182 Å². The molecule has 42 heteroatoms. The summed E-state index contributed by atoms with van der Waals surface area (Å²) < 4.78 is 40.5. The number of likely N-dealkylation sites (tertiary alicyclic amines) is 2. The van der Waals surface area contributed by atoms with Gasteiger partial charge >= 0.3 is 5.97 Å². The second-order valence-electron chi connectivity index (χ2n) is 34.5. The number of hydrogen-bond acceptors (Lipinski definition) is 24. The van der Waals surface area contributed by atoms with Crippen molar-refractivity contribution in [2.75, 3.05) is 79.7 Å². The van der Waals surface area contributed by atoms with E-state index in [9.17, 15) is 77.6 Å². The number of β-amino-alcohol motifs (C(OH)–C–C–N with tert-alkyl or cyclic N) is 2. The molecule has 0 bridgehead atoms. The Bertz CT molecular complexity index is 5420. The summed E-state index contributed by atoms with van der Waals surface area (Å²) in [7, 11) is 6.57. The highest BCUT2D eigenvalue weighted by molar-refractivity contribution is 8.00. The number of aromatic hydroxyl groups is 1. The molecule has 0 spiro atoms. The molecule has 14 amide bonds. The van der Waals surface area contributed by atoms with E-state index >= 15 is 28.4 Å². The summed E-state index contributed by atoms with van der Waals surface area (Å²) in [6.07, 6.45) is -3.91. The van der Waals surface area contributed by atoms with Crippen LogP contribution in [0.5, 0.6) is 11.5 Å². The third kappa shape index (κ3) is 30.6. The molecule has 2 saturated heterocycles. The monoisotopic (exact) mass is 1930 g/mol. The number of carboxylic acid groups (broad SMARTS) is 1. The maximum atomic E-state index is 15.6. The van der Waals surface area contributed by atoms with Crippen molar-refractivity contribution in [3.8, 4) is 11.5 Å². The molecule has 0 saturated carbocycles. The normalized spacial score (nSPS) is 16.9. The highest BCUT2D eigenvalue weighted by Gasteiger charge is 2.48. The second kappa shape index (κ2) is 51.9. The zero-order valence-corrected chi connectivity index (χ0v) is 78.3. The Balaban J connectivity index is 0.929. The van der Waals surface area contributed by atoms with Crippen LogP contribution < -0.4 is 64.5 Å². The minimum absolute atomic E-state index is 0.0426. The van der Waals surface area contributed by atoms with Gasteiger partial charge in [0.15, 0.2) is 11.6 Å². The van der Waals surface area contributed by atoms with Gasteiger partial charge in [-0.1, -0.05) is 123 Å². The van der Waals surface area contributed by atoms with Gasteiger partial charge in [0.2, 0.25) is 82.7 Å². The van der Waals surface area contributed by atoms with Crippen LogP contribution in [0.1, 0.15) is 85.8 Å². The second-order valence-corrected chi connectivity index (χ2v) is 35.5. The highest BCUT2D eigenvalue weighted by atomic mass is 32.2. The van der Waals surface area contributed by atoms with Gasteiger partial charge in [-0.3, -0.25) is 71.9 Å². The van der Waals surface area contributed by atoms with Crippen molar-refractivity contribution in [1.82, 2.24) is 72.0 Å². The van der Waals surface area contributed by atoms with E-state index < -0.39 is 241 Å². The number of amides is 14. The molecule has 1 aromatic heterocycles. The molecule has 0 unspecified atom stereocenters. The Kier molecular flexibility index (Phi) is 40.6. The number of carbonyl (C=O) groups excluding carboxylic acids is 15. The number of aliphatic hydroxyl groups is 2. The largest absolute Gasteiger partial charge is 0.508 e. The summed E-state index contributed by atoms with van der Waals surface area (Å²) in [5.74, 6) is -19.1. The molecule has 15 atom stereocenters. The lowest BCUT2D eigenvalue weighted by Gasteiger charge is -2.37. The first-order chi connectivity index (χ1) is 65.8. The van der Waals surface area contributed by atoms with E-state index in [1.165, 1.54) is 59.6 Å². The standard InChI is InChI=1S/C96H121F2N17O22S/c1-54(2)84(96(135)111(3)61(51-116)37-55-17-10-8-11-18-55)110-89(128)74(46-83(122)123)108-91(130)79-45-64(119)50-115(79)95(134)77(34-36-136-6)112(4)94(133)80(42-56-19-12-9-13-20-56)113(5)93(132)75(41-59-28-33-67(97)68(98)38-59)104-82(121)53-138-52-76(85(124)103-48-81(101)120)109-86(125)71(23-16-35-99)105-87(126)72(40-58-24-29-62(117)30-25-58)106-88(127)73(43-60-47-102-70-22-15-14-21-66(60)70)107-90(129)78-44-63(118)49-114(78)92(131)69(100)39-57-26-31-65(137-7)32-27-57/h8-15,17-22,24-33,38,47,51,54,61,63-64,69,71-80,84,102,117-119H,16,23,34-37,39-46,48-50,52-53,99-100H2,1-7H3,(H2,101,120)(H,103,124)(H,104,121)(H,105,126)(H,106,127)(H,107,129)(H,108,130)(H,109,125)(H,110,128)(H,122,123)/t61-,63-,64-,69-,71-,72-,73-,74-,75-,76-,77-,78+,79+,80-,84-/m0/s1. The number of nitrogens with zero attached hydrogens (tertiary/aromatic N) is 5. The molecule has 3 heterocycles. The number of thioether (sulfide) groups is 1. The smallest absolute Gasteiger partial charge is 0.305 e. The first kappa shape index (κ1) is 108. The van der Waals surface area contributed by atoms with Crippen molar-refractivity contribution in [3.05, 3.63) is 203 Å². The van der Waals surface area contributed by atoms with Crippen molar-refractivity contribution < 1.29 is 115 Å². The SMILES string of the molecule is COCC[C@@H](C(=O)N1C[C@@H](O)C[C@@H]1C(=O)N[C@@H](CC(=O)O)C(=O)N[C@H](C(=O)N(C)[C@H](C=O)Cc1ccccc1)C(C)C)N(C)C(=O)[C@H](Cc1ccccc1)N(C)C(=O)[C@H](Cc1ccc(F)c(F)c1)NC(=O)CSC[C@H](NC(=O)[C@H](CCCN)NC(=O)[C@H](Cc1ccc(O)cc1)NC(=O)[C@H](Cc1c[nH]c2ccccc12)NC(=O)[C@H]1C[C@H](O)CN1C(=O)[C@@H](N)Cc1ccc(OC)cc1)C(=O)NCC(N)=O. The summed E-state index contributed by atoms with van der Waals surface area (Å²) in [6.45, 7) is 1.31. The molecule has 9 rings (SSSR count). The third-order valence-corrected chi connectivity index (χ3v) is 25.0. The lowest BCUT2D eigenvalue weighted by molar-refractivity contribution is -0.153. The number of aliphatic hydroxyl groups excluding tert-OH is 2. The minimum Gasteiger partial charge on any atom is -0.508 e. The van der Waals surface area contributed by atoms with Gasteiger partial charge in [0.25, 0.3) is 0 Å². The number of aldehydes is 1. The van der Waals surface area contributed by atoms with E-state index in [2.05, 4.69) is 47.5 Å². The molecule has 7 aromatic rings. The number of carbonyl (C=O) groups is 16. The number of phenolic OH excluding ortho intramolecular Hbond substituents is 1. The molecule has 0 radical (unpaired) electrons. The number of carboxylic acids is 1. The fourth-order valence-electron chi connectivity index (χ4n) is 16.4. The summed E-state index contributed by atoms with van der Waals surface area (Å²) in [4.78, 5) is 238. The third-order valence-electron chi connectivity index (χ3n) is 24.0. The molecule has 6 aromatic carbocycles. The minimum atomic E-state index is -1.91. The number of ether oxygens (including phenoxy) is 2. The van der Waals surface area contributed by atoms with E-state index in [0.717, 1.165) is 48.3 Å². The number of rotatable bonds is 51. The number of aromatic nitrogens is 1. The highest BCUT2D eigenvalue weighted by Crippen LogP contribution is 2.28. The Morgan fingerprint density at radius 2 is 1.09 bits per heavy atom. The average Bonchev–Trinajstić information content (AvgIpc) is 1.57. The Morgan fingerprint density at radius 1 is 0.558 bits per heavy atom. The van der Waals surface area contributed by atoms with Crippen molar-refractivity contribution >= 4 is 118 Å². The summed E-state index contributed by atoms with van der Waals surface area (Å²) >= 11 is 0.684. The number of nitrogens with one attached hydrogen (secondary N) is 9. The number of aliphatic carboxylic acids is 1. The molecule has 2 fully saturated rings. The van der Waals surface area contributed by atoms with Crippen molar-refractivity contribution in [3.63, 3.8) is 0 Å². The fourth-order valence-corrected chi connectivity index (χ4v) is 17.2. The number of para-hydroxylation sites is 1. The molecule has 2 aliphatic heterocycles. The van der Waals surface area contributed by atoms with Crippen LogP contribution in [0.3, 0.4) is 0 Å². The predicted molar refractivity (Wildman–Crippen MR) is 502 cm³/mol. The number of likely N-dealkylation sites (N-methyl/N-ethyl adjacent to an activating group) is 3. The topological polar surface area (TPSA) is 579 Å². The molecule has 39 nitrogen and oxygen atoms in total. The van der Waals surface area contributed by atoms with Gasteiger partial charge in [0, 0.05) is 116 Å². The van der Waals surface area contributed by atoms with Crippen LogP contribution in [0.15, 0.2) is 158 Å². The fraction of sp³-hybridized carbons (Fsp3) is 0.438. The quantitative estimate of drug-likeness (QED) is 0.0213. The molecule has 742 valence electrons. The van der Waals surface area contributed by atoms with Crippen LogP contribution in [0.25, 0.3) is 10.9 Å². The predicted octanol–water partition coefficient (Wildman–Crippen LogP) is -0.519. The summed E-state index contributed by atoms with van der Waals surface area (Å²) in [5, 5.41) is 63.9. The van der Waals surface area contributed by atoms with Crippen LogP contribution in [0.2, 0.25) is 0 Å². The molecule has 138 heavy (non-hydrogen) atoms. The molecular formula is C96H121F2N17O22S. The molecule has 2 aliphatic rings. The number of benzene rings is 6. The Labute approximate surface area is 799 Å². The van der Waals surface area contributed by atoms with E-state index in [4.69, 9.17) is 26.7 Å². The Hall–Kier alpha value is -13.8. The number of methoxy groups -OCH3 is 2. The maximum absolute atomic E-state index is 15.6. The van der Waals surface area contributed by atoms with Crippen LogP contribution in [0.4, 0.5) is 8.78 Å². The Morgan fingerprint density at radius 3 is 1.67 bits per heavy atom. The van der Waals surface area contributed by atoms with Crippen LogP contribution in [0, 0.1) is 17.6 Å². The number of fused-ring (bicyclic) bond motifs is 1. The van der Waals surface area contributed by atoms with Gasteiger partial charge in [-0.05, 0) is 114 Å². The van der Waals surface area contributed by atoms with Gasteiger partial charge in [-0.2, -0.15) is 0 Å². The number of phenols is 1. The maximum Gasteiger partial charge on any atom is 0.305 e. The van der Waals surface area contributed by atoms with Gasteiger partial charge < -0.3 is 124 Å². The van der Waals surface area contributed by atoms with E-state index in [0.29, 0.717) is 57.0 Å². The number of H-pyrrole nitrogens is 1. The number of hydrogen-bond donors (Lipinski definition) is 16. The van der Waals surface area contributed by atoms with Gasteiger partial charge in [0.1, 0.15) is 84.2 Å². The van der Waals surface area contributed by atoms with E-state index in [1.54, 1.807) is 129 Å². The average molecular weight is 1940 g/mol. The van der Waals surface area contributed by atoms with Crippen LogP contribution in [-0.4, -0.2) is 315 Å². The first-order valence-electron chi connectivity index (χ1n) is 44.9. The van der Waals surface area contributed by atoms with Crippen LogP contribution >= 0.6 is 11.8 Å². The summed E-state index contributed by atoms with van der Waals surface area (Å²) in [5.41, 5.74) is 21.3. The zero-order chi connectivity index (χ0) is 101. The molecular weight excluding hydrogens is 1810 g/mol. The number of primary amides is 1. The lowest BCUT2D eigenvalue weighted by atomic mass is 9.99. The van der Waals surface area contributed by atoms with Gasteiger partial charge in [-0.15, -0.1) is 11.8 Å².